The van der Waals surface area contributed by atoms with E-state index < -0.39 is 0 Å². The summed E-state index contributed by atoms with van der Waals surface area (Å²) in [6.45, 7) is 6.03. The van der Waals surface area contributed by atoms with Gasteiger partial charge in [-0.3, -0.25) is 9.48 Å². The predicted octanol–water partition coefficient (Wildman–Crippen LogP) is 2.10. The molecule has 0 bridgehead atoms. The molecule has 1 N–H and O–H groups in total. The van der Waals surface area contributed by atoms with Crippen molar-refractivity contribution in [2.45, 2.75) is 32.7 Å². The molecule has 0 fully saturated rings. The number of aromatic nitrogens is 2. The minimum absolute atomic E-state index is 0.0955. The van der Waals surface area contributed by atoms with Crippen molar-refractivity contribution in [1.29, 1.82) is 0 Å². The Labute approximate surface area is 98.2 Å². The summed E-state index contributed by atoms with van der Waals surface area (Å²) in [5.41, 5.74) is 0.380. The van der Waals surface area contributed by atoms with E-state index in [9.17, 15) is 4.79 Å². The van der Waals surface area contributed by atoms with Crippen molar-refractivity contribution < 1.29 is 4.79 Å². The molecule has 0 aliphatic carbocycles. The molecule has 0 aromatic carbocycles. The second-order valence-corrected chi connectivity index (χ2v) is 4.92. The SMILES string of the molecule is CCC(C)(C)NC(=O)c1cnn(C)c1Br. The number of nitrogens with one attached hydrogen (secondary N) is 1. The average molecular weight is 274 g/mol. The average Bonchev–Trinajstić information content (AvgIpc) is 2.47. The van der Waals surface area contributed by atoms with Crippen LogP contribution in [-0.2, 0) is 7.05 Å². The van der Waals surface area contributed by atoms with Crippen molar-refractivity contribution in [2.75, 3.05) is 0 Å². The third-order valence-corrected chi connectivity index (χ3v) is 3.39. The zero-order valence-corrected chi connectivity index (χ0v) is 11.1. The molecule has 1 aromatic rings. The van der Waals surface area contributed by atoms with Crippen LogP contribution in [0.2, 0.25) is 0 Å². The van der Waals surface area contributed by atoms with Gasteiger partial charge in [-0.15, -0.1) is 0 Å². The van der Waals surface area contributed by atoms with Crippen LogP contribution in [0.5, 0.6) is 0 Å². The number of halogens is 1. The first-order valence-corrected chi connectivity index (χ1v) is 5.66. The summed E-state index contributed by atoms with van der Waals surface area (Å²) in [7, 11) is 1.78. The van der Waals surface area contributed by atoms with Gasteiger partial charge < -0.3 is 5.32 Å². The van der Waals surface area contributed by atoms with Crippen molar-refractivity contribution in [2.24, 2.45) is 7.05 Å². The van der Waals surface area contributed by atoms with Gasteiger partial charge in [-0.25, -0.2) is 0 Å². The highest BCUT2D eigenvalue weighted by Gasteiger charge is 2.21. The third kappa shape index (κ3) is 2.81. The minimum atomic E-state index is -0.188. The monoisotopic (exact) mass is 273 g/mol. The first-order chi connectivity index (χ1) is 6.87. The highest BCUT2D eigenvalue weighted by Crippen LogP contribution is 2.16. The van der Waals surface area contributed by atoms with Crippen molar-refractivity contribution in [1.82, 2.24) is 15.1 Å². The number of hydrogen-bond acceptors (Lipinski definition) is 2. The van der Waals surface area contributed by atoms with Crippen molar-refractivity contribution >= 4 is 21.8 Å². The Hall–Kier alpha value is -0.840. The Morgan fingerprint density at radius 2 is 2.27 bits per heavy atom. The lowest BCUT2D eigenvalue weighted by Crippen LogP contribution is -2.42. The van der Waals surface area contributed by atoms with Crippen LogP contribution in [-0.4, -0.2) is 21.2 Å². The van der Waals surface area contributed by atoms with Gasteiger partial charge in [-0.2, -0.15) is 5.10 Å². The van der Waals surface area contributed by atoms with E-state index in [2.05, 4.69) is 26.3 Å². The van der Waals surface area contributed by atoms with Crippen LogP contribution < -0.4 is 5.32 Å². The largest absolute Gasteiger partial charge is 0.347 e. The maximum absolute atomic E-state index is 11.9. The minimum Gasteiger partial charge on any atom is -0.347 e. The lowest BCUT2D eigenvalue weighted by Gasteiger charge is -2.24. The van der Waals surface area contributed by atoms with Gasteiger partial charge in [0.1, 0.15) is 4.60 Å². The Bertz CT molecular complexity index is 371. The molecule has 0 aliphatic heterocycles. The molecule has 0 radical (unpaired) electrons. The number of rotatable bonds is 3. The van der Waals surface area contributed by atoms with Gasteiger partial charge in [0.2, 0.25) is 0 Å². The molecule has 0 aliphatic rings. The van der Waals surface area contributed by atoms with Crippen LogP contribution in [0.4, 0.5) is 0 Å². The second-order valence-electron chi connectivity index (χ2n) is 4.16. The standard InChI is InChI=1S/C10H16BrN3O/c1-5-10(2,3)13-9(15)7-6-12-14(4)8(7)11/h6H,5H2,1-4H3,(H,13,15). The van der Waals surface area contributed by atoms with Gasteiger partial charge in [0, 0.05) is 12.6 Å². The van der Waals surface area contributed by atoms with Crippen molar-refractivity contribution in [3.05, 3.63) is 16.4 Å². The smallest absolute Gasteiger partial charge is 0.256 e. The Morgan fingerprint density at radius 3 is 2.67 bits per heavy atom. The van der Waals surface area contributed by atoms with Crippen molar-refractivity contribution in [3.8, 4) is 0 Å². The van der Waals surface area contributed by atoms with Gasteiger partial charge in [0.25, 0.3) is 5.91 Å². The van der Waals surface area contributed by atoms with Crippen LogP contribution in [0.1, 0.15) is 37.6 Å². The highest BCUT2D eigenvalue weighted by molar-refractivity contribution is 9.10. The Morgan fingerprint density at radius 1 is 1.67 bits per heavy atom. The zero-order valence-electron chi connectivity index (χ0n) is 9.47. The molecule has 1 aromatic heterocycles. The van der Waals surface area contributed by atoms with Gasteiger partial charge in [-0.1, -0.05) is 6.92 Å². The molecule has 1 heterocycles. The van der Waals surface area contributed by atoms with Gasteiger partial charge >= 0.3 is 0 Å². The van der Waals surface area contributed by atoms with Crippen LogP contribution in [0, 0.1) is 0 Å². The molecule has 0 saturated heterocycles. The fraction of sp³-hybridized carbons (Fsp3) is 0.600. The summed E-state index contributed by atoms with van der Waals surface area (Å²) >= 11 is 3.32. The molecule has 1 amide bonds. The van der Waals surface area contributed by atoms with Gasteiger partial charge in [-0.05, 0) is 36.2 Å². The molecule has 1 rings (SSSR count). The molecular weight excluding hydrogens is 258 g/mol. The number of carbonyl (C=O) groups is 1. The first-order valence-electron chi connectivity index (χ1n) is 4.87. The summed E-state index contributed by atoms with van der Waals surface area (Å²) in [5.74, 6) is -0.0955. The van der Waals surface area contributed by atoms with E-state index in [0.717, 1.165) is 6.42 Å². The quantitative estimate of drug-likeness (QED) is 0.917. The Kier molecular flexibility index (Phi) is 3.54. The molecular formula is C10H16BrN3O. The number of carbonyl (C=O) groups excluding carboxylic acids is 1. The van der Waals surface area contributed by atoms with E-state index in [1.807, 2.05) is 20.8 Å². The molecule has 0 atom stereocenters. The van der Waals surface area contributed by atoms with E-state index in [-0.39, 0.29) is 11.4 Å². The fourth-order valence-electron chi connectivity index (χ4n) is 1.04. The summed E-state index contributed by atoms with van der Waals surface area (Å²) in [4.78, 5) is 11.9. The number of hydrogen-bond donors (Lipinski definition) is 1. The van der Waals surface area contributed by atoms with Crippen LogP contribution in [0.25, 0.3) is 0 Å². The zero-order chi connectivity index (χ0) is 11.6. The topological polar surface area (TPSA) is 46.9 Å². The van der Waals surface area contributed by atoms with E-state index in [1.165, 1.54) is 0 Å². The molecule has 0 spiro atoms. The summed E-state index contributed by atoms with van der Waals surface area (Å²) < 4.78 is 2.32. The van der Waals surface area contributed by atoms with E-state index >= 15 is 0 Å². The van der Waals surface area contributed by atoms with Crippen LogP contribution >= 0.6 is 15.9 Å². The predicted molar refractivity (Wildman–Crippen MR) is 62.7 cm³/mol. The highest BCUT2D eigenvalue weighted by atomic mass is 79.9. The van der Waals surface area contributed by atoms with Crippen LogP contribution in [0.3, 0.4) is 0 Å². The van der Waals surface area contributed by atoms with E-state index in [1.54, 1.807) is 17.9 Å². The maximum atomic E-state index is 11.9. The summed E-state index contributed by atoms with van der Waals surface area (Å²) in [6, 6.07) is 0. The molecule has 84 valence electrons. The van der Waals surface area contributed by atoms with E-state index in [0.29, 0.717) is 10.2 Å². The van der Waals surface area contributed by atoms with Crippen LogP contribution in [0.15, 0.2) is 10.8 Å². The second kappa shape index (κ2) is 4.35. The van der Waals surface area contributed by atoms with Gasteiger partial charge in [0.05, 0.1) is 11.8 Å². The van der Waals surface area contributed by atoms with Gasteiger partial charge in [0.15, 0.2) is 0 Å². The third-order valence-electron chi connectivity index (χ3n) is 2.45. The Balaban J connectivity index is 2.83. The summed E-state index contributed by atoms with van der Waals surface area (Å²) in [6.07, 6.45) is 2.45. The maximum Gasteiger partial charge on any atom is 0.256 e. The first kappa shape index (κ1) is 12.2. The van der Waals surface area contributed by atoms with Crippen molar-refractivity contribution in [3.63, 3.8) is 0 Å². The number of aryl methyl sites for hydroxylation is 1. The fourth-order valence-corrected chi connectivity index (χ4v) is 1.41. The molecule has 4 nitrogen and oxygen atoms in total. The van der Waals surface area contributed by atoms with E-state index in [4.69, 9.17) is 0 Å². The summed E-state index contributed by atoms with van der Waals surface area (Å²) in [5, 5.41) is 6.96. The molecule has 0 unspecified atom stereocenters. The molecule has 15 heavy (non-hydrogen) atoms. The lowest BCUT2D eigenvalue weighted by atomic mass is 10.0. The lowest BCUT2D eigenvalue weighted by molar-refractivity contribution is 0.0910. The molecule has 0 saturated carbocycles. The normalized spacial score (nSPS) is 11.5. The molecule has 5 heteroatoms. The number of nitrogens with zero attached hydrogens (tertiary/aromatic N) is 2. The number of amides is 1.